The topological polar surface area (TPSA) is 78.0 Å². The van der Waals surface area contributed by atoms with E-state index in [9.17, 15) is 9.18 Å². The quantitative estimate of drug-likeness (QED) is 0.500. The minimum atomic E-state index is -0.378. The lowest BCUT2D eigenvalue weighted by atomic mass is 10.3. The van der Waals surface area contributed by atoms with Gasteiger partial charge in [0.2, 0.25) is 5.16 Å². The maximum Gasteiger partial charge on any atom is 0.258 e. The van der Waals surface area contributed by atoms with Gasteiger partial charge in [0.05, 0.1) is 16.4 Å². The van der Waals surface area contributed by atoms with Gasteiger partial charge in [0, 0.05) is 18.0 Å². The van der Waals surface area contributed by atoms with Gasteiger partial charge in [-0.25, -0.2) is 9.37 Å². The van der Waals surface area contributed by atoms with Crippen LogP contribution in [0.1, 0.15) is 5.69 Å². The van der Waals surface area contributed by atoms with Crippen LogP contribution >= 0.6 is 23.4 Å². The molecule has 0 aliphatic carbocycles. The number of rotatable bonds is 4. The molecule has 0 saturated heterocycles. The smallest absolute Gasteiger partial charge is 0.258 e. The zero-order valence-electron chi connectivity index (χ0n) is 13.1. The molecule has 0 amide bonds. The van der Waals surface area contributed by atoms with Crippen LogP contribution in [0.25, 0.3) is 11.3 Å². The minimum Gasteiger partial charge on any atom is -0.269 e. The van der Waals surface area contributed by atoms with Crippen molar-refractivity contribution in [3.63, 3.8) is 0 Å². The number of aromatic nitrogens is 6. The van der Waals surface area contributed by atoms with Crippen LogP contribution < -0.4 is 5.56 Å². The number of hydrogen-bond acceptors (Lipinski definition) is 6. The SMILES string of the molecule is O=c1cc(CSc2nnnn2-c2cccc(F)c2)nc2ccc(Cl)cn12. The number of fused-ring (bicyclic) bond motifs is 1. The van der Waals surface area contributed by atoms with Gasteiger partial charge in [-0.3, -0.25) is 9.20 Å². The Morgan fingerprint density at radius 3 is 2.92 bits per heavy atom. The van der Waals surface area contributed by atoms with E-state index in [4.69, 9.17) is 11.6 Å². The first kappa shape index (κ1) is 16.7. The molecule has 0 bridgehead atoms. The van der Waals surface area contributed by atoms with Gasteiger partial charge in [0.25, 0.3) is 5.56 Å². The molecule has 0 atom stereocenters. The largest absolute Gasteiger partial charge is 0.269 e. The lowest BCUT2D eigenvalue weighted by Crippen LogP contribution is -2.15. The molecule has 0 spiro atoms. The molecular weight excluding hydrogens is 379 g/mol. The Labute approximate surface area is 155 Å². The molecular formula is C16H10ClFN6OS. The monoisotopic (exact) mass is 388 g/mol. The van der Waals surface area contributed by atoms with Crippen molar-refractivity contribution in [2.45, 2.75) is 10.9 Å². The normalized spacial score (nSPS) is 11.2. The highest BCUT2D eigenvalue weighted by Crippen LogP contribution is 2.22. The summed E-state index contributed by atoms with van der Waals surface area (Å²) in [6.07, 6.45) is 1.52. The zero-order valence-corrected chi connectivity index (χ0v) is 14.7. The molecule has 7 nitrogen and oxygen atoms in total. The maximum atomic E-state index is 13.4. The summed E-state index contributed by atoms with van der Waals surface area (Å²) in [6, 6.07) is 10.8. The molecule has 4 aromatic rings. The first-order chi connectivity index (χ1) is 12.6. The fourth-order valence-corrected chi connectivity index (χ4v) is 3.32. The van der Waals surface area contributed by atoms with Gasteiger partial charge in [0.1, 0.15) is 11.5 Å². The van der Waals surface area contributed by atoms with Gasteiger partial charge >= 0.3 is 0 Å². The third-order valence-corrected chi connectivity index (χ3v) is 4.70. The Balaban J connectivity index is 1.61. The minimum absolute atomic E-state index is 0.224. The summed E-state index contributed by atoms with van der Waals surface area (Å²) < 4.78 is 16.2. The van der Waals surface area contributed by atoms with Crippen molar-refractivity contribution in [1.82, 2.24) is 29.6 Å². The standard InChI is InChI=1S/C16H10ClFN6OS/c17-10-4-5-14-19-12(7-15(25)23(14)8-10)9-26-16-20-21-22-24(16)13-3-1-2-11(18)6-13/h1-8H,9H2. The Kier molecular flexibility index (Phi) is 4.39. The van der Waals surface area contributed by atoms with Gasteiger partial charge in [-0.05, 0) is 40.8 Å². The third-order valence-electron chi connectivity index (χ3n) is 3.52. The molecule has 26 heavy (non-hydrogen) atoms. The second-order valence-electron chi connectivity index (χ2n) is 5.30. The number of hydrogen-bond donors (Lipinski definition) is 0. The van der Waals surface area contributed by atoms with Gasteiger partial charge < -0.3 is 0 Å². The molecule has 0 unspecified atom stereocenters. The van der Waals surface area contributed by atoms with Crippen molar-refractivity contribution >= 4 is 29.0 Å². The molecule has 0 aliphatic heterocycles. The first-order valence-corrected chi connectivity index (χ1v) is 8.81. The molecule has 0 saturated carbocycles. The molecule has 1 aromatic carbocycles. The summed E-state index contributed by atoms with van der Waals surface area (Å²) in [4.78, 5) is 16.6. The summed E-state index contributed by atoms with van der Waals surface area (Å²) in [6.45, 7) is 0. The molecule has 4 rings (SSSR count). The Hall–Kier alpha value is -2.78. The number of pyridine rings is 1. The lowest BCUT2D eigenvalue weighted by Gasteiger charge is -2.05. The molecule has 0 N–H and O–H groups in total. The summed E-state index contributed by atoms with van der Waals surface area (Å²) in [5.41, 5.74) is 1.37. The van der Waals surface area contributed by atoms with Crippen LogP contribution in [0.15, 0.2) is 58.6 Å². The van der Waals surface area contributed by atoms with E-state index in [0.29, 0.717) is 33.0 Å². The lowest BCUT2D eigenvalue weighted by molar-refractivity contribution is 0.623. The van der Waals surface area contributed by atoms with Crippen LogP contribution in [0, 0.1) is 5.82 Å². The molecule has 0 fully saturated rings. The number of thioether (sulfide) groups is 1. The van der Waals surface area contributed by atoms with E-state index in [1.807, 2.05) is 0 Å². The summed E-state index contributed by atoms with van der Waals surface area (Å²) >= 11 is 7.20. The zero-order chi connectivity index (χ0) is 18.1. The van der Waals surface area contributed by atoms with Crippen LogP contribution in [0.5, 0.6) is 0 Å². The van der Waals surface area contributed by atoms with Gasteiger partial charge in [-0.1, -0.05) is 29.4 Å². The average molecular weight is 389 g/mol. The molecule has 3 heterocycles. The highest BCUT2D eigenvalue weighted by Gasteiger charge is 2.11. The highest BCUT2D eigenvalue weighted by molar-refractivity contribution is 7.98. The number of tetrazole rings is 1. The average Bonchev–Trinajstić information content (AvgIpc) is 3.09. The number of benzene rings is 1. The van der Waals surface area contributed by atoms with Crippen molar-refractivity contribution in [3.8, 4) is 5.69 Å². The molecule has 10 heteroatoms. The van der Waals surface area contributed by atoms with E-state index < -0.39 is 0 Å². The van der Waals surface area contributed by atoms with E-state index in [1.165, 1.54) is 45.2 Å². The molecule has 0 radical (unpaired) electrons. The third kappa shape index (κ3) is 3.31. The Bertz CT molecular complexity index is 1160. The maximum absolute atomic E-state index is 13.4. The van der Waals surface area contributed by atoms with E-state index in [2.05, 4.69) is 20.5 Å². The van der Waals surface area contributed by atoms with Gasteiger partial charge in [-0.15, -0.1) is 5.10 Å². The predicted molar refractivity (Wildman–Crippen MR) is 95.1 cm³/mol. The van der Waals surface area contributed by atoms with Crippen molar-refractivity contribution in [1.29, 1.82) is 0 Å². The second kappa shape index (κ2) is 6.85. The van der Waals surface area contributed by atoms with Crippen LogP contribution in [-0.2, 0) is 5.75 Å². The first-order valence-electron chi connectivity index (χ1n) is 7.45. The second-order valence-corrected chi connectivity index (χ2v) is 6.68. The molecule has 130 valence electrons. The van der Waals surface area contributed by atoms with Crippen molar-refractivity contribution in [2.75, 3.05) is 0 Å². The summed E-state index contributed by atoms with van der Waals surface area (Å²) in [5, 5.41) is 12.4. The van der Waals surface area contributed by atoms with Gasteiger partial charge in [-0.2, -0.15) is 4.68 Å². The fourth-order valence-electron chi connectivity index (χ4n) is 2.38. The predicted octanol–water partition coefficient (Wildman–Crippen LogP) is 2.76. The van der Waals surface area contributed by atoms with Crippen LogP contribution in [0.2, 0.25) is 5.02 Å². The van der Waals surface area contributed by atoms with E-state index in [1.54, 1.807) is 24.3 Å². The van der Waals surface area contributed by atoms with Crippen LogP contribution in [-0.4, -0.2) is 29.6 Å². The van der Waals surface area contributed by atoms with E-state index in [0.717, 1.165) is 0 Å². The Morgan fingerprint density at radius 2 is 2.08 bits per heavy atom. The van der Waals surface area contributed by atoms with Crippen molar-refractivity contribution < 1.29 is 4.39 Å². The highest BCUT2D eigenvalue weighted by atomic mass is 35.5. The van der Waals surface area contributed by atoms with Crippen molar-refractivity contribution in [2.24, 2.45) is 0 Å². The van der Waals surface area contributed by atoms with Gasteiger partial charge in [0.15, 0.2) is 0 Å². The van der Waals surface area contributed by atoms with Crippen LogP contribution in [0.4, 0.5) is 4.39 Å². The van der Waals surface area contributed by atoms with E-state index >= 15 is 0 Å². The summed E-state index contributed by atoms with van der Waals surface area (Å²) in [5.74, 6) is 0.00109. The molecule has 3 aromatic heterocycles. The fraction of sp³-hybridized carbons (Fsp3) is 0.0625. The Morgan fingerprint density at radius 1 is 1.19 bits per heavy atom. The number of nitrogens with zero attached hydrogens (tertiary/aromatic N) is 6. The molecule has 0 aliphatic rings. The summed E-state index contributed by atoms with van der Waals surface area (Å²) in [7, 11) is 0. The van der Waals surface area contributed by atoms with Crippen molar-refractivity contribution in [3.05, 3.63) is 75.5 Å². The van der Waals surface area contributed by atoms with E-state index in [-0.39, 0.29) is 11.4 Å². The number of halogens is 2. The van der Waals surface area contributed by atoms with Crippen LogP contribution in [0.3, 0.4) is 0 Å².